The van der Waals surface area contributed by atoms with Crippen molar-refractivity contribution in [3.05, 3.63) is 0 Å². The molecule has 1 heterocycles. The van der Waals surface area contributed by atoms with Gasteiger partial charge in [0.05, 0.1) is 0 Å². The van der Waals surface area contributed by atoms with E-state index in [1.165, 1.54) is 4.90 Å². The number of hydrogen-bond acceptors (Lipinski definition) is 2. The van der Waals surface area contributed by atoms with Gasteiger partial charge in [0, 0.05) is 13.1 Å². The molecule has 5 nitrogen and oxygen atoms in total. The van der Waals surface area contributed by atoms with Crippen molar-refractivity contribution >= 4 is 11.9 Å². The number of carbonyl (C=O) groups is 2. The summed E-state index contributed by atoms with van der Waals surface area (Å²) < 4.78 is 0. The Morgan fingerprint density at radius 1 is 1.80 bits per heavy atom. The number of carbonyl (C=O) groups excluding carboxylic acids is 2. The van der Waals surface area contributed by atoms with Gasteiger partial charge in [-0.3, -0.25) is 4.79 Å². The minimum Gasteiger partial charge on any atom is -0.368 e. The van der Waals surface area contributed by atoms with Crippen LogP contribution in [0, 0.1) is 0 Å². The quantitative estimate of drug-likeness (QED) is 0.493. The Balaban J connectivity index is 2.40. The number of nitrogens with zero attached hydrogens (tertiary/aromatic N) is 1. The van der Waals surface area contributed by atoms with Crippen LogP contribution >= 0.6 is 0 Å². The van der Waals surface area contributed by atoms with Gasteiger partial charge in [0.2, 0.25) is 5.91 Å². The van der Waals surface area contributed by atoms with Crippen molar-refractivity contribution in [1.29, 1.82) is 0 Å². The van der Waals surface area contributed by atoms with Gasteiger partial charge in [0.15, 0.2) is 0 Å². The first-order valence-corrected chi connectivity index (χ1v) is 3.01. The first-order valence-electron chi connectivity index (χ1n) is 3.01. The van der Waals surface area contributed by atoms with Gasteiger partial charge < -0.3 is 16.0 Å². The summed E-state index contributed by atoms with van der Waals surface area (Å²) in [5.41, 5.74) is 4.87. The maximum Gasteiger partial charge on any atom is 0.317 e. The second-order valence-electron chi connectivity index (χ2n) is 2.12. The summed E-state index contributed by atoms with van der Waals surface area (Å²) in [6.45, 7) is 1.19. The van der Waals surface area contributed by atoms with Crippen LogP contribution in [0.3, 0.4) is 0 Å². The number of nitrogens with one attached hydrogen (secondary N) is 1. The summed E-state index contributed by atoms with van der Waals surface area (Å²) >= 11 is 0. The highest BCUT2D eigenvalue weighted by Crippen LogP contribution is 1.93. The minimum atomic E-state index is -0.475. The molecule has 0 atom stereocenters. The summed E-state index contributed by atoms with van der Waals surface area (Å²) in [7, 11) is 0. The fraction of sp³-hybridized carbons (Fsp3) is 0.600. The van der Waals surface area contributed by atoms with Gasteiger partial charge in [-0.15, -0.1) is 0 Å². The molecule has 56 valence electrons. The zero-order valence-electron chi connectivity index (χ0n) is 5.46. The lowest BCUT2D eigenvalue weighted by Gasteiger charge is -2.09. The van der Waals surface area contributed by atoms with E-state index in [0.717, 1.165) is 0 Å². The van der Waals surface area contributed by atoms with Gasteiger partial charge in [-0.2, -0.15) is 0 Å². The van der Waals surface area contributed by atoms with Crippen LogP contribution in [-0.4, -0.2) is 36.5 Å². The maximum absolute atomic E-state index is 10.7. The Morgan fingerprint density at radius 3 is 2.90 bits per heavy atom. The van der Waals surface area contributed by atoms with Crippen molar-refractivity contribution in [1.82, 2.24) is 10.2 Å². The van der Waals surface area contributed by atoms with Crippen molar-refractivity contribution in [3.63, 3.8) is 0 Å². The lowest BCUT2D eigenvalue weighted by Crippen LogP contribution is -2.36. The maximum atomic E-state index is 10.7. The Hall–Kier alpha value is -1.26. The molecule has 1 saturated heterocycles. The molecule has 3 N–H and O–H groups in total. The predicted molar refractivity (Wildman–Crippen MR) is 34.2 cm³/mol. The molecule has 0 saturated carbocycles. The van der Waals surface area contributed by atoms with Crippen LogP contribution in [0.25, 0.3) is 0 Å². The van der Waals surface area contributed by atoms with Crippen molar-refractivity contribution in [2.24, 2.45) is 5.73 Å². The first kappa shape index (κ1) is 6.85. The SMILES string of the molecule is NC(=O)CN1CCNC1=O. The molecule has 0 unspecified atom stereocenters. The monoisotopic (exact) mass is 143 g/mol. The van der Waals surface area contributed by atoms with Gasteiger partial charge in [0.1, 0.15) is 6.54 Å². The van der Waals surface area contributed by atoms with E-state index in [9.17, 15) is 9.59 Å². The van der Waals surface area contributed by atoms with E-state index >= 15 is 0 Å². The summed E-state index contributed by atoms with van der Waals surface area (Å²) in [6, 6.07) is -0.209. The van der Waals surface area contributed by atoms with Crippen LogP contribution in [0.2, 0.25) is 0 Å². The molecule has 0 spiro atoms. The minimum absolute atomic E-state index is 0.0197. The lowest BCUT2D eigenvalue weighted by atomic mass is 10.5. The van der Waals surface area contributed by atoms with Gasteiger partial charge in [-0.25, -0.2) is 4.79 Å². The molecule has 0 aromatic carbocycles. The molecule has 5 heteroatoms. The molecule has 1 rings (SSSR count). The fourth-order valence-electron chi connectivity index (χ4n) is 0.850. The van der Waals surface area contributed by atoms with Crippen LogP contribution < -0.4 is 11.1 Å². The summed E-state index contributed by atoms with van der Waals surface area (Å²) in [4.78, 5) is 22.4. The number of urea groups is 1. The number of hydrogen-bond donors (Lipinski definition) is 2. The number of primary amides is 1. The molecular formula is C5H9N3O2. The molecule has 1 fully saturated rings. The van der Waals surface area contributed by atoms with Crippen molar-refractivity contribution in [3.8, 4) is 0 Å². The van der Waals surface area contributed by atoms with Crippen molar-refractivity contribution in [2.75, 3.05) is 19.6 Å². The molecule has 0 radical (unpaired) electrons. The second kappa shape index (κ2) is 2.55. The highest BCUT2D eigenvalue weighted by molar-refractivity contribution is 5.83. The van der Waals surface area contributed by atoms with Crippen LogP contribution in [0.4, 0.5) is 4.79 Å². The third-order valence-corrected chi connectivity index (χ3v) is 1.29. The molecule has 1 aliphatic heterocycles. The topological polar surface area (TPSA) is 75.4 Å². The van der Waals surface area contributed by atoms with Crippen molar-refractivity contribution < 1.29 is 9.59 Å². The van der Waals surface area contributed by atoms with Crippen LogP contribution in [0.5, 0.6) is 0 Å². The average molecular weight is 143 g/mol. The third kappa shape index (κ3) is 1.37. The summed E-state index contributed by atoms with van der Waals surface area (Å²) in [5.74, 6) is -0.475. The number of nitrogens with two attached hydrogens (primary N) is 1. The predicted octanol–water partition coefficient (Wildman–Crippen LogP) is -1.50. The molecule has 0 bridgehead atoms. The molecule has 10 heavy (non-hydrogen) atoms. The van der Waals surface area contributed by atoms with E-state index in [0.29, 0.717) is 13.1 Å². The Morgan fingerprint density at radius 2 is 2.50 bits per heavy atom. The smallest absolute Gasteiger partial charge is 0.317 e. The van der Waals surface area contributed by atoms with E-state index < -0.39 is 5.91 Å². The zero-order valence-corrected chi connectivity index (χ0v) is 5.46. The Labute approximate surface area is 58.2 Å². The Bertz CT molecular complexity index is 168. The summed E-state index contributed by atoms with van der Waals surface area (Å²) in [6.07, 6.45) is 0. The molecule has 0 aromatic rings. The fourth-order valence-corrected chi connectivity index (χ4v) is 0.850. The van der Waals surface area contributed by atoms with E-state index in [4.69, 9.17) is 5.73 Å². The van der Waals surface area contributed by atoms with Gasteiger partial charge >= 0.3 is 6.03 Å². The van der Waals surface area contributed by atoms with E-state index in [2.05, 4.69) is 5.32 Å². The standard InChI is InChI=1S/C5H9N3O2/c6-4(9)3-8-2-1-7-5(8)10/h1-3H2,(H2,6,9)(H,7,10). The van der Waals surface area contributed by atoms with Crippen molar-refractivity contribution in [2.45, 2.75) is 0 Å². The van der Waals surface area contributed by atoms with E-state index in [1.54, 1.807) is 0 Å². The number of amides is 3. The molecule has 0 aliphatic carbocycles. The van der Waals surface area contributed by atoms with Gasteiger partial charge in [0.25, 0.3) is 0 Å². The van der Waals surface area contributed by atoms with E-state index in [-0.39, 0.29) is 12.6 Å². The van der Waals surface area contributed by atoms with Gasteiger partial charge in [-0.1, -0.05) is 0 Å². The molecular weight excluding hydrogens is 134 g/mol. The second-order valence-corrected chi connectivity index (χ2v) is 2.12. The van der Waals surface area contributed by atoms with Crippen LogP contribution in [0.1, 0.15) is 0 Å². The lowest BCUT2D eigenvalue weighted by molar-refractivity contribution is -0.118. The molecule has 0 aromatic heterocycles. The highest BCUT2D eigenvalue weighted by Gasteiger charge is 2.20. The Kier molecular flexibility index (Phi) is 1.75. The number of rotatable bonds is 2. The third-order valence-electron chi connectivity index (χ3n) is 1.29. The van der Waals surface area contributed by atoms with Crippen LogP contribution in [-0.2, 0) is 4.79 Å². The van der Waals surface area contributed by atoms with E-state index in [1.807, 2.05) is 0 Å². The largest absolute Gasteiger partial charge is 0.368 e. The molecule has 3 amide bonds. The highest BCUT2D eigenvalue weighted by atomic mass is 16.2. The molecule has 1 aliphatic rings. The average Bonchev–Trinajstić information content (AvgIpc) is 2.15. The zero-order chi connectivity index (χ0) is 7.56. The van der Waals surface area contributed by atoms with Crippen LogP contribution in [0.15, 0.2) is 0 Å². The normalized spacial score (nSPS) is 17.2. The summed E-state index contributed by atoms with van der Waals surface area (Å²) in [5, 5.41) is 2.55. The van der Waals surface area contributed by atoms with Gasteiger partial charge in [-0.05, 0) is 0 Å². The first-order chi connectivity index (χ1) is 4.70.